The summed E-state index contributed by atoms with van der Waals surface area (Å²) in [4.78, 5) is 0.190. The van der Waals surface area contributed by atoms with Crippen LogP contribution in [0.1, 0.15) is 56.2 Å². The van der Waals surface area contributed by atoms with Gasteiger partial charge in [0, 0.05) is 12.0 Å². The predicted octanol–water partition coefficient (Wildman–Crippen LogP) is 5.32. The number of hydrogen-bond donors (Lipinski definition) is 0. The Morgan fingerprint density at radius 1 is 1.12 bits per heavy atom. The second-order valence-corrected chi connectivity index (χ2v) is 11.1. The first-order valence-corrected chi connectivity index (χ1v) is 12.6. The average Bonchev–Trinajstić information content (AvgIpc) is 2.79. The number of nitrogens with zero attached hydrogens (tertiary/aromatic N) is 1. The lowest BCUT2D eigenvalue weighted by Crippen LogP contribution is -2.37. The Morgan fingerprint density at radius 3 is 2.41 bits per heavy atom. The van der Waals surface area contributed by atoms with E-state index in [2.05, 4.69) is 18.2 Å². The average molecular weight is 456 g/mol. The minimum absolute atomic E-state index is 0.137. The fourth-order valence-electron chi connectivity index (χ4n) is 4.09. The Balaban J connectivity index is 1.61. The van der Waals surface area contributed by atoms with Crippen LogP contribution in [0.15, 0.2) is 53.4 Å². The second kappa shape index (κ2) is 10.2. The molecule has 2 aromatic carbocycles. The number of ether oxygens (including phenoxy) is 1. The van der Waals surface area contributed by atoms with Gasteiger partial charge in [-0.25, -0.2) is 0 Å². The van der Waals surface area contributed by atoms with Gasteiger partial charge in [-0.1, -0.05) is 42.0 Å². The van der Waals surface area contributed by atoms with Crippen LogP contribution in [0.4, 0.5) is 0 Å². The first kappa shape index (κ1) is 24.4. The molecule has 0 N–H and O–H groups in total. The van der Waals surface area contributed by atoms with Crippen molar-refractivity contribution in [3.05, 3.63) is 65.2 Å². The Hall–Kier alpha value is -2.20. The van der Waals surface area contributed by atoms with Crippen LogP contribution in [0.5, 0.6) is 0 Å². The fourth-order valence-corrected chi connectivity index (χ4v) is 5.10. The van der Waals surface area contributed by atoms with Crippen LogP contribution in [0.3, 0.4) is 0 Å². The van der Waals surface area contributed by atoms with Gasteiger partial charge in [0.2, 0.25) is 0 Å². The minimum Gasteiger partial charge on any atom is -0.381 e. The van der Waals surface area contributed by atoms with Crippen LogP contribution >= 0.6 is 0 Å². The summed E-state index contributed by atoms with van der Waals surface area (Å²) in [6, 6.07) is 17.3. The van der Waals surface area contributed by atoms with Crippen molar-refractivity contribution in [1.29, 1.82) is 5.26 Å². The molecule has 32 heavy (non-hydrogen) atoms. The Kier molecular flexibility index (Phi) is 7.76. The van der Waals surface area contributed by atoms with Gasteiger partial charge in [0.25, 0.3) is 10.1 Å². The number of rotatable bonds is 9. The van der Waals surface area contributed by atoms with Gasteiger partial charge in [-0.3, -0.25) is 4.18 Å². The number of benzene rings is 2. The molecule has 1 aliphatic rings. The lowest BCUT2D eigenvalue weighted by Gasteiger charge is -2.36. The number of hydrogen-bond acceptors (Lipinski definition) is 5. The highest BCUT2D eigenvalue weighted by Crippen LogP contribution is 2.35. The van der Waals surface area contributed by atoms with E-state index in [-0.39, 0.29) is 16.9 Å². The lowest BCUT2D eigenvalue weighted by atomic mass is 9.78. The van der Waals surface area contributed by atoms with E-state index in [0.29, 0.717) is 13.2 Å². The predicted molar refractivity (Wildman–Crippen MR) is 125 cm³/mol. The topological polar surface area (TPSA) is 76.4 Å². The van der Waals surface area contributed by atoms with Crippen molar-refractivity contribution in [2.24, 2.45) is 5.41 Å². The largest absolute Gasteiger partial charge is 0.381 e. The molecular weight excluding hydrogens is 422 g/mol. The third kappa shape index (κ3) is 6.19. The Labute approximate surface area is 192 Å². The summed E-state index contributed by atoms with van der Waals surface area (Å²) >= 11 is 0. The van der Waals surface area contributed by atoms with E-state index in [1.165, 1.54) is 5.56 Å². The lowest BCUT2D eigenvalue weighted by molar-refractivity contribution is -0.0367. The summed E-state index contributed by atoms with van der Waals surface area (Å²) in [5, 5.41) is 9.31. The van der Waals surface area contributed by atoms with E-state index in [9.17, 15) is 13.7 Å². The number of nitriles is 1. The van der Waals surface area contributed by atoms with Crippen molar-refractivity contribution in [1.82, 2.24) is 0 Å². The fraction of sp³-hybridized carbons (Fsp3) is 0.500. The molecule has 5 nitrogen and oxygen atoms in total. The van der Waals surface area contributed by atoms with Crippen LogP contribution in [0.25, 0.3) is 0 Å². The third-order valence-corrected chi connectivity index (χ3v) is 7.64. The summed E-state index contributed by atoms with van der Waals surface area (Å²) in [6.45, 7) is 7.12. The molecule has 0 aromatic heterocycles. The highest BCUT2D eigenvalue weighted by Gasteiger charge is 2.35. The standard InChI is InChI=1S/C26H33NO4S/c1-21-7-13-24(14-8-21)32(28,29)31-20-26(16-5-17-30-19-26)15-4-6-22-9-11-23(12-10-22)25(2,3)18-27/h7-14H,4-6,15-17,19-20H2,1-3H3. The summed E-state index contributed by atoms with van der Waals surface area (Å²) < 4.78 is 36.6. The van der Waals surface area contributed by atoms with Crippen molar-refractivity contribution in [3.63, 3.8) is 0 Å². The van der Waals surface area contributed by atoms with E-state index >= 15 is 0 Å². The molecule has 1 fully saturated rings. The zero-order chi connectivity index (χ0) is 23.2. The SMILES string of the molecule is Cc1ccc(S(=O)(=O)OCC2(CCCc3ccc(C(C)(C)C#N)cc3)CCCOC2)cc1. The molecule has 0 bridgehead atoms. The maximum atomic E-state index is 12.7. The molecule has 6 heteroatoms. The molecule has 0 aliphatic carbocycles. The molecule has 1 atom stereocenters. The summed E-state index contributed by atoms with van der Waals surface area (Å²) in [5.74, 6) is 0. The molecule has 2 aromatic rings. The summed E-state index contributed by atoms with van der Waals surface area (Å²) in [6.07, 6.45) is 4.44. The molecule has 1 aliphatic heterocycles. The van der Waals surface area contributed by atoms with E-state index in [1.807, 2.05) is 32.9 Å². The molecular formula is C26H33NO4S. The Morgan fingerprint density at radius 2 is 1.81 bits per heavy atom. The zero-order valence-electron chi connectivity index (χ0n) is 19.3. The molecule has 3 rings (SSSR count). The van der Waals surface area contributed by atoms with E-state index < -0.39 is 15.5 Å². The van der Waals surface area contributed by atoms with Gasteiger partial charge in [0.15, 0.2) is 0 Å². The van der Waals surface area contributed by atoms with Crippen LogP contribution in [0.2, 0.25) is 0 Å². The van der Waals surface area contributed by atoms with E-state index in [1.54, 1.807) is 24.3 Å². The first-order chi connectivity index (χ1) is 15.2. The number of aryl methyl sites for hydroxylation is 2. The smallest absolute Gasteiger partial charge is 0.296 e. The molecule has 0 saturated carbocycles. The van der Waals surface area contributed by atoms with Crippen molar-refractivity contribution in [2.75, 3.05) is 19.8 Å². The van der Waals surface area contributed by atoms with Crippen molar-refractivity contribution < 1.29 is 17.3 Å². The van der Waals surface area contributed by atoms with Crippen LogP contribution in [0, 0.1) is 23.7 Å². The van der Waals surface area contributed by atoms with Gasteiger partial charge >= 0.3 is 0 Å². The quantitative estimate of drug-likeness (QED) is 0.478. The highest BCUT2D eigenvalue weighted by molar-refractivity contribution is 7.86. The normalized spacial score (nSPS) is 19.4. The molecule has 0 amide bonds. The van der Waals surface area contributed by atoms with Gasteiger partial charge in [-0.15, -0.1) is 0 Å². The summed E-state index contributed by atoms with van der Waals surface area (Å²) in [7, 11) is -3.79. The summed E-state index contributed by atoms with van der Waals surface area (Å²) in [5.41, 5.74) is 2.43. The van der Waals surface area contributed by atoms with Crippen molar-refractivity contribution in [3.8, 4) is 6.07 Å². The van der Waals surface area contributed by atoms with Gasteiger partial charge in [0.1, 0.15) is 0 Å². The third-order valence-electron chi connectivity index (χ3n) is 6.36. The monoisotopic (exact) mass is 455 g/mol. The maximum absolute atomic E-state index is 12.7. The molecule has 0 radical (unpaired) electrons. The molecule has 1 saturated heterocycles. The van der Waals surface area contributed by atoms with Crippen LogP contribution in [-0.4, -0.2) is 28.2 Å². The van der Waals surface area contributed by atoms with Gasteiger partial charge in [-0.05, 0) is 76.1 Å². The van der Waals surface area contributed by atoms with Gasteiger partial charge in [-0.2, -0.15) is 13.7 Å². The van der Waals surface area contributed by atoms with Gasteiger partial charge in [0.05, 0.1) is 29.6 Å². The second-order valence-electron chi connectivity index (χ2n) is 9.47. The maximum Gasteiger partial charge on any atom is 0.296 e. The van der Waals surface area contributed by atoms with Crippen LogP contribution < -0.4 is 0 Å². The van der Waals surface area contributed by atoms with Crippen LogP contribution in [-0.2, 0) is 30.9 Å². The Bertz CT molecular complexity index is 1030. The van der Waals surface area contributed by atoms with Gasteiger partial charge < -0.3 is 4.74 Å². The van der Waals surface area contributed by atoms with Crippen molar-refractivity contribution >= 4 is 10.1 Å². The molecule has 172 valence electrons. The molecule has 0 spiro atoms. The zero-order valence-corrected chi connectivity index (χ0v) is 20.1. The first-order valence-electron chi connectivity index (χ1n) is 11.2. The minimum atomic E-state index is -3.79. The van der Waals surface area contributed by atoms with Crippen molar-refractivity contribution in [2.45, 2.75) is 63.2 Å². The molecule has 1 heterocycles. The molecule has 1 unspecified atom stereocenters. The van der Waals surface area contributed by atoms with E-state index in [4.69, 9.17) is 8.92 Å². The van der Waals surface area contributed by atoms with E-state index in [0.717, 1.165) is 43.2 Å². The highest BCUT2D eigenvalue weighted by atomic mass is 32.2.